The second kappa shape index (κ2) is 10.2. The van der Waals surface area contributed by atoms with Crippen LogP contribution in [0.2, 0.25) is 15.7 Å². The van der Waals surface area contributed by atoms with Crippen LogP contribution in [0.4, 0.5) is 23.4 Å². The smallest absolute Gasteiger partial charge is 0.305 e. The molecule has 38 heavy (non-hydrogen) atoms. The Morgan fingerprint density at radius 1 is 0.895 bits per heavy atom. The number of ether oxygens (including phenoxy) is 1. The van der Waals surface area contributed by atoms with Crippen molar-refractivity contribution in [2.24, 2.45) is 17.8 Å². The fraction of sp³-hybridized carbons (Fsp3) is 0.625. The first-order valence-corrected chi connectivity index (χ1v) is 13.4. The molecule has 0 spiro atoms. The minimum absolute atomic E-state index is 0.0411. The molecule has 2 fully saturated rings. The minimum atomic E-state index is -2.94. The molecule has 0 amide bonds. The van der Waals surface area contributed by atoms with E-state index >= 15 is 0 Å². The molecule has 1 saturated heterocycles. The number of piperidine rings is 1. The number of methoxy groups -OCH3 is 1. The van der Waals surface area contributed by atoms with E-state index in [0.717, 1.165) is 13.1 Å². The highest BCUT2D eigenvalue weighted by Crippen LogP contribution is 2.55. The van der Waals surface area contributed by atoms with Crippen molar-refractivity contribution in [3.63, 3.8) is 0 Å². The summed E-state index contributed by atoms with van der Waals surface area (Å²) >= 11 is 17.1. The molecule has 206 valence electrons. The van der Waals surface area contributed by atoms with E-state index < -0.39 is 11.8 Å². The number of carbonyl (C=O) groups excluding carboxylic acids is 1. The largest absolute Gasteiger partial charge is 0.469 e. The quantitative estimate of drug-likeness (QED) is 0.186. The van der Waals surface area contributed by atoms with Gasteiger partial charge in [0.25, 0.3) is 11.8 Å². The van der Waals surface area contributed by atoms with Gasteiger partial charge in [0.1, 0.15) is 22.4 Å². The van der Waals surface area contributed by atoms with Gasteiger partial charge in [0, 0.05) is 43.5 Å². The SMILES string of the molecule is COC(=O)CC1[C@H]2CN(c3nc(Cl)nc4c3CCCC4(F)F)C[C@@H]12.FC1(F)CCCc2c(Cl)nc(Cl)nc21. The van der Waals surface area contributed by atoms with Gasteiger partial charge >= 0.3 is 5.97 Å². The normalized spacial score (nSPS) is 25.9. The van der Waals surface area contributed by atoms with Gasteiger partial charge in [0.15, 0.2) is 0 Å². The van der Waals surface area contributed by atoms with Gasteiger partial charge in [-0.1, -0.05) is 11.6 Å². The Hall–Kier alpha value is -1.98. The molecule has 2 aromatic heterocycles. The molecule has 0 bridgehead atoms. The highest BCUT2D eigenvalue weighted by molar-refractivity contribution is 6.32. The molecule has 4 aliphatic rings. The van der Waals surface area contributed by atoms with E-state index in [-0.39, 0.29) is 45.9 Å². The summed E-state index contributed by atoms with van der Waals surface area (Å²) in [6.07, 6.45) is 1.88. The summed E-state index contributed by atoms with van der Waals surface area (Å²) in [5.41, 5.74) is 0.331. The Kier molecular flexibility index (Phi) is 7.41. The number of anilines is 1. The summed E-state index contributed by atoms with van der Waals surface area (Å²) in [4.78, 5) is 28.7. The first-order valence-electron chi connectivity index (χ1n) is 12.3. The second-order valence-electron chi connectivity index (χ2n) is 10.0. The molecule has 0 radical (unpaired) electrons. The average Bonchev–Trinajstić information content (AvgIpc) is 3.27. The molecule has 1 saturated carbocycles. The molecule has 6 rings (SSSR count). The summed E-state index contributed by atoms with van der Waals surface area (Å²) in [7, 11) is 1.39. The molecule has 1 aliphatic heterocycles. The van der Waals surface area contributed by atoms with Crippen LogP contribution in [0.25, 0.3) is 0 Å². The number of fused-ring (bicyclic) bond motifs is 3. The molecule has 0 aromatic carbocycles. The number of rotatable bonds is 3. The summed E-state index contributed by atoms with van der Waals surface area (Å²) < 4.78 is 59.7. The van der Waals surface area contributed by atoms with Crippen molar-refractivity contribution in [3.05, 3.63) is 38.2 Å². The lowest BCUT2D eigenvalue weighted by molar-refractivity contribution is -0.141. The van der Waals surface area contributed by atoms with Gasteiger partial charge in [-0.15, -0.1) is 0 Å². The zero-order valence-electron chi connectivity index (χ0n) is 20.3. The monoisotopic (exact) mass is 595 g/mol. The van der Waals surface area contributed by atoms with Crippen LogP contribution in [-0.2, 0) is 34.2 Å². The van der Waals surface area contributed by atoms with E-state index in [1.807, 2.05) is 4.90 Å². The summed E-state index contributed by atoms with van der Waals surface area (Å²) in [5.74, 6) is -4.37. The molecule has 3 heterocycles. The van der Waals surface area contributed by atoms with E-state index in [1.54, 1.807) is 0 Å². The molecule has 3 atom stereocenters. The summed E-state index contributed by atoms with van der Waals surface area (Å²) in [5, 5.41) is -0.313. The van der Waals surface area contributed by atoms with Crippen molar-refractivity contribution in [2.75, 3.05) is 25.1 Å². The number of aromatic nitrogens is 4. The number of halogens is 7. The van der Waals surface area contributed by atoms with Crippen LogP contribution in [0.15, 0.2) is 0 Å². The van der Waals surface area contributed by atoms with E-state index in [2.05, 4.69) is 19.9 Å². The van der Waals surface area contributed by atoms with Crippen LogP contribution in [0, 0.1) is 17.8 Å². The lowest BCUT2D eigenvalue weighted by Crippen LogP contribution is -2.31. The number of alkyl halides is 4. The molecule has 14 heteroatoms. The van der Waals surface area contributed by atoms with Gasteiger partial charge in [-0.25, -0.2) is 19.9 Å². The third-order valence-electron chi connectivity index (χ3n) is 7.72. The van der Waals surface area contributed by atoms with Gasteiger partial charge in [-0.05, 0) is 66.6 Å². The van der Waals surface area contributed by atoms with Gasteiger partial charge in [-0.3, -0.25) is 4.79 Å². The van der Waals surface area contributed by atoms with Crippen molar-refractivity contribution in [2.45, 2.75) is 56.8 Å². The molecule has 7 nitrogen and oxygen atoms in total. The molecular formula is C24H24Cl3F4N5O2. The Morgan fingerprint density at radius 2 is 1.42 bits per heavy atom. The van der Waals surface area contributed by atoms with Crippen molar-refractivity contribution in [1.82, 2.24) is 19.9 Å². The van der Waals surface area contributed by atoms with Crippen molar-refractivity contribution < 1.29 is 27.1 Å². The van der Waals surface area contributed by atoms with Crippen LogP contribution >= 0.6 is 34.8 Å². The molecule has 0 N–H and O–H groups in total. The number of esters is 1. The first-order chi connectivity index (χ1) is 17.9. The van der Waals surface area contributed by atoms with Crippen LogP contribution in [0.1, 0.15) is 54.6 Å². The van der Waals surface area contributed by atoms with Gasteiger partial charge in [-0.2, -0.15) is 17.6 Å². The molecule has 1 unspecified atom stereocenters. The summed E-state index contributed by atoms with van der Waals surface area (Å²) in [6.45, 7) is 1.44. The van der Waals surface area contributed by atoms with Crippen molar-refractivity contribution in [3.8, 4) is 0 Å². The van der Waals surface area contributed by atoms with Crippen LogP contribution in [0.5, 0.6) is 0 Å². The maximum absolute atomic E-state index is 14.2. The zero-order valence-corrected chi connectivity index (χ0v) is 22.6. The van der Waals surface area contributed by atoms with Crippen LogP contribution in [0.3, 0.4) is 0 Å². The van der Waals surface area contributed by atoms with Crippen LogP contribution < -0.4 is 4.90 Å². The fourth-order valence-corrected chi connectivity index (χ4v) is 6.45. The topological polar surface area (TPSA) is 81.1 Å². The lowest BCUT2D eigenvalue weighted by atomic mass is 9.93. The fourth-order valence-electron chi connectivity index (χ4n) is 5.81. The van der Waals surface area contributed by atoms with Crippen LogP contribution in [-0.4, -0.2) is 46.1 Å². The predicted molar refractivity (Wildman–Crippen MR) is 132 cm³/mol. The van der Waals surface area contributed by atoms with Crippen molar-refractivity contribution >= 4 is 46.6 Å². The summed E-state index contributed by atoms with van der Waals surface area (Å²) in [6, 6.07) is 0. The Balaban J connectivity index is 0.000000179. The van der Waals surface area contributed by atoms with Gasteiger partial charge < -0.3 is 9.64 Å². The number of hydrogen-bond acceptors (Lipinski definition) is 7. The van der Waals surface area contributed by atoms with E-state index in [0.29, 0.717) is 66.8 Å². The standard InChI is InChI=1S/C16H18ClF2N3O2.C8H6Cl2F2N2/c1-24-12(23)5-9-10-6-22(7-11(9)10)14-8-3-2-4-16(18,19)13(8)20-15(17)21-14;9-6-4-2-1-3-8(11,12)5(4)13-7(10)14-6/h9-11H,2-7H2,1H3;1-3H2/t9?,10-,11+;. The van der Waals surface area contributed by atoms with Gasteiger partial charge in [0.2, 0.25) is 10.6 Å². The third kappa shape index (κ3) is 5.25. The Bertz CT molecular complexity index is 1260. The highest BCUT2D eigenvalue weighted by atomic mass is 35.5. The lowest BCUT2D eigenvalue weighted by Gasteiger charge is -2.29. The maximum Gasteiger partial charge on any atom is 0.305 e. The number of carbonyl (C=O) groups is 1. The average molecular weight is 597 g/mol. The number of hydrogen-bond donors (Lipinski definition) is 0. The first kappa shape index (κ1) is 27.6. The van der Waals surface area contributed by atoms with E-state index in [1.165, 1.54) is 7.11 Å². The Labute approximate surface area is 231 Å². The Morgan fingerprint density at radius 3 is 2.00 bits per heavy atom. The highest BCUT2D eigenvalue weighted by Gasteiger charge is 2.57. The van der Waals surface area contributed by atoms with Gasteiger partial charge in [0.05, 0.1) is 7.11 Å². The van der Waals surface area contributed by atoms with E-state index in [9.17, 15) is 22.4 Å². The molecule has 3 aliphatic carbocycles. The predicted octanol–water partition coefficient (Wildman–Crippen LogP) is 6.01. The third-order valence-corrected chi connectivity index (χ3v) is 8.37. The molecule has 2 aromatic rings. The maximum atomic E-state index is 14.2. The zero-order chi connectivity index (χ0) is 27.4. The second-order valence-corrected chi connectivity index (χ2v) is 11.1. The number of nitrogens with zero attached hydrogens (tertiary/aromatic N) is 5. The molecular weight excluding hydrogens is 573 g/mol. The minimum Gasteiger partial charge on any atom is -0.469 e. The van der Waals surface area contributed by atoms with Crippen molar-refractivity contribution in [1.29, 1.82) is 0 Å². The van der Waals surface area contributed by atoms with E-state index in [4.69, 9.17) is 39.5 Å².